The van der Waals surface area contributed by atoms with Crippen LogP contribution in [0.4, 0.5) is 11.4 Å². The first-order chi connectivity index (χ1) is 12.5. The van der Waals surface area contributed by atoms with Gasteiger partial charge in [-0.25, -0.2) is 0 Å². The lowest BCUT2D eigenvalue weighted by Crippen LogP contribution is -2.15. The molecule has 0 heterocycles. The van der Waals surface area contributed by atoms with E-state index in [-0.39, 0.29) is 17.6 Å². The Morgan fingerprint density at radius 1 is 0.885 bits per heavy atom. The number of anilines is 2. The van der Waals surface area contributed by atoms with Crippen LogP contribution in [0.1, 0.15) is 30.1 Å². The Morgan fingerprint density at radius 2 is 1.42 bits per heavy atom. The molecule has 2 aromatic carbocycles. The number of carbonyl (C=O) groups is 3. The molecule has 0 spiro atoms. The fraction of sp³-hybridized carbons (Fsp3) is 0.211. The Hall–Kier alpha value is -2.80. The van der Waals surface area contributed by atoms with Gasteiger partial charge in [-0.3, -0.25) is 14.4 Å². The van der Waals surface area contributed by atoms with Gasteiger partial charge < -0.3 is 16.4 Å². The molecular formula is C19H21N3O3S. The van der Waals surface area contributed by atoms with Crippen molar-refractivity contribution < 1.29 is 14.4 Å². The van der Waals surface area contributed by atoms with Gasteiger partial charge >= 0.3 is 0 Å². The van der Waals surface area contributed by atoms with Gasteiger partial charge in [0.25, 0.3) is 0 Å². The minimum atomic E-state index is -0.507. The second kappa shape index (κ2) is 9.62. The highest BCUT2D eigenvalue weighted by molar-refractivity contribution is 8.00. The van der Waals surface area contributed by atoms with Crippen molar-refractivity contribution in [2.24, 2.45) is 5.73 Å². The number of amides is 3. The van der Waals surface area contributed by atoms with Crippen molar-refractivity contribution in [2.75, 3.05) is 16.4 Å². The normalized spacial score (nSPS) is 10.2. The van der Waals surface area contributed by atoms with Crippen LogP contribution in [0.5, 0.6) is 0 Å². The molecule has 4 N–H and O–H groups in total. The second-order valence-corrected chi connectivity index (χ2v) is 6.65. The molecule has 0 aliphatic heterocycles. The molecule has 2 aromatic rings. The van der Waals surface area contributed by atoms with Crippen LogP contribution >= 0.6 is 11.8 Å². The van der Waals surface area contributed by atoms with E-state index in [1.54, 1.807) is 24.3 Å². The number of rotatable bonds is 8. The average molecular weight is 371 g/mol. The average Bonchev–Trinajstić information content (AvgIpc) is 2.62. The van der Waals surface area contributed by atoms with Gasteiger partial charge in [0, 0.05) is 28.3 Å². The molecule has 2 rings (SSSR count). The van der Waals surface area contributed by atoms with Crippen LogP contribution in [0.3, 0.4) is 0 Å². The number of carbonyl (C=O) groups excluding carboxylic acids is 3. The number of hydrogen-bond donors (Lipinski definition) is 3. The van der Waals surface area contributed by atoms with E-state index in [2.05, 4.69) is 10.6 Å². The van der Waals surface area contributed by atoms with Crippen LogP contribution in [0.25, 0.3) is 0 Å². The number of nitrogens with two attached hydrogens (primary N) is 1. The number of benzene rings is 2. The highest BCUT2D eigenvalue weighted by Crippen LogP contribution is 2.21. The van der Waals surface area contributed by atoms with E-state index in [1.165, 1.54) is 11.8 Å². The van der Waals surface area contributed by atoms with E-state index >= 15 is 0 Å². The lowest BCUT2D eigenvalue weighted by Gasteiger charge is -2.07. The summed E-state index contributed by atoms with van der Waals surface area (Å²) in [4.78, 5) is 35.5. The molecule has 0 unspecified atom stereocenters. The predicted molar refractivity (Wildman–Crippen MR) is 104 cm³/mol. The highest BCUT2D eigenvalue weighted by Gasteiger charge is 2.06. The quantitative estimate of drug-likeness (QED) is 0.620. The van der Waals surface area contributed by atoms with Crippen LogP contribution in [0, 0.1) is 0 Å². The first kappa shape index (κ1) is 19.5. The SMILES string of the molecule is CCCC(=O)Nc1ccc(SCC(=O)Nc2ccc(C(N)=O)cc2)cc1. The maximum atomic E-state index is 12.0. The molecule has 0 fully saturated rings. The molecule has 0 aliphatic carbocycles. The van der Waals surface area contributed by atoms with Gasteiger partial charge in [0.2, 0.25) is 17.7 Å². The van der Waals surface area contributed by atoms with Gasteiger partial charge in [-0.2, -0.15) is 0 Å². The Kier molecular flexibility index (Phi) is 7.23. The molecule has 0 bridgehead atoms. The Balaban J connectivity index is 1.81. The summed E-state index contributed by atoms with van der Waals surface area (Å²) in [7, 11) is 0. The molecule has 0 saturated carbocycles. The summed E-state index contributed by atoms with van der Waals surface area (Å²) < 4.78 is 0. The fourth-order valence-corrected chi connectivity index (χ4v) is 2.85. The Morgan fingerprint density at radius 3 is 1.96 bits per heavy atom. The van der Waals surface area contributed by atoms with Gasteiger partial charge in [0.05, 0.1) is 5.75 Å². The molecule has 0 aromatic heterocycles. The summed E-state index contributed by atoms with van der Waals surface area (Å²) in [5, 5.41) is 5.58. The van der Waals surface area contributed by atoms with E-state index in [1.807, 2.05) is 31.2 Å². The minimum absolute atomic E-state index is 0.00497. The maximum Gasteiger partial charge on any atom is 0.248 e. The van der Waals surface area contributed by atoms with Gasteiger partial charge in [0.15, 0.2) is 0 Å². The Labute approximate surface area is 156 Å². The summed E-state index contributed by atoms with van der Waals surface area (Å²) in [5.41, 5.74) is 6.92. The lowest BCUT2D eigenvalue weighted by atomic mass is 10.2. The minimum Gasteiger partial charge on any atom is -0.366 e. The zero-order valence-electron chi connectivity index (χ0n) is 14.5. The van der Waals surface area contributed by atoms with Crippen molar-refractivity contribution in [1.29, 1.82) is 0 Å². The van der Waals surface area contributed by atoms with E-state index in [0.29, 0.717) is 17.7 Å². The summed E-state index contributed by atoms with van der Waals surface area (Å²) in [5.74, 6) is -0.413. The summed E-state index contributed by atoms with van der Waals surface area (Å²) in [6, 6.07) is 13.8. The van der Waals surface area contributed by atoms with Gasteiger partial charge in [0.1, 0.15) is 0 Å². The standard InChI is InChI=1S/C19H21N3O3S/c1-2-3-17(23)21-15-8-10-16(11-9-15)26-12-18(24)22-14-6-4-13(5-7-14)19(20)25/h4-11H,2-3,12H2,1H3,(H2,20,25)(H,21,23)(H,22,24). The lowest BCUT2D eigenvalue weighted by molar-refractivity contribution is -0.116. The highest BCUT2D eigenvalue weighted by atomic mass is 32.2. The van der Waals surface area contributed by atoms with Crippen LogP contribution in [0.2, 0.25) is 0 Å². The van der Waals surface area contributed by atoms with Crippen molar-refractivity contribution in [1.82, 2.24) is 0 Å². The monoisotopic (exact) mass is 371 g/mol. The molecular weight excluding hydrogens is 350 g/mol. The zero-order valence-corrected chi connectivity index (χ0v) is 15.3. The molecule has 7 heteroatoms. The first-order valence-electron chi connectivity index (χ1n) is 8.20. The predicted octanol–water partition coefficient (Wildman–Crippen LogP) is 3.25. The third-order valence-corrected chi connectivity index (χ3v) is 4.45. The van der Waals surface area contributed by atoms with E-state index in [9.17, 15) is 14.4 Å². The van der Waals surface area contributed by atoms with E-state index in [0.717, 1.165) is 17.0 Å². The smallest absolute Gasteiger partial charge is 0.248 e. The third kappa shape index (κ3) is 6.25. The molecule has 0 saturated heterocycles. The van der Waals surface area contributed by atoms with E-state index in [4.69, 9.17) is 5.73 Å². The van der Waals surface area contributed by atoms with E-state index < -0.39 is 5.91 Å². The van der Waals surface area contributed by atoms with Gasteiger partial charge in [-0.15, -0.1) is 11.8 Å². The second-order valence-electron chi connectivity index (χ2n) is 5.60. The topological polar surface area (TPSA) is 101 Å². The van der Waals surface area contributed by atoms with Crippen LogP contribution in [-0.4, -0.2) is 23.5 Å². The van der Waals surface area contributed by atoms with Crippen molar-refractivity contribution in [2.45, 2.75) is 24.7 Å². The molecule has 0 radical (unpaired) electrons. The molecule has 0 atom stereocenters. The maximum absolute atomic E-state index is 12.0. The zero-order chi connectivity index (χ0) is 18.9. The molecule has 0 aliphatic rings. The number of hydrogen-bond acceptors (Lipinski definition) is 4. The van der Waals surface area contributed by atoms with Crippen molar-refractivity contribution in [3.05, 3.63) is 54.1 Å². The summed E-state index contributed by atoms with van der Waals surface area (Å²) in [6.07, 6.45) is 1.30. The van der Waals surface area contributed by atoms with Gasteiger partial charge in [-0.1, -0.05) is 6.92 Å². The largest absolute Gasteiger partial charge is 0.366 e. The van der Waals surface area contributed by atoms with Crippen molar-refractivity contribution >= 4 is 40.9 Å². The molecule has 3 amide bonds. The fourth-order valence-electron chi connectivity index (χ4n) is 2.15. The van der Waals surface area contributed by atoms with Crippen LogP contribution < -0.4 is 16.4 Å². The van der Waals surface area contributed by atoms with Crippen molar-refractivity contribution in [3.8, 4) is 0 Å². The summed E-state index contributed by atoms with van der Waals surface area (Å²) >= 11 is 1.39. The molecule has 26 heavy (non-hydrogen) atoms. The van der Waals surface area contributed by atoms with Gasteiger partial charge in [-0.05, 0) is 55.0 Å². The number of thioether (sulfide) groups is 1. The number of primary amides is 1. The molecule has 136 valence electrons. The molecule has 6 nitrogen and oxygen atoms in total. The van der Waals surface area contributed by atoms with Crippen LogP contribution in [0.15, 0.2) is 53.4 Å². The van der Waals surface area contributed by atoms with Crippen molar-refractivity contribution in [3.63, 3.8) is 0 Å². The first-order valence-corrected chi connectivity index (χ1v) is 9.19. The summed E-state index contributed by atoms with van der Waals surface area (Å²) in [6.45, 7) is 1.95. The third-order valence-electron chi connectivity index (χ3n) is 3.44. The Bertz CT molecular complexity index is 774. The number of nitrogens with one attached hydrogen (secondary N) is 2. The van der Waals surface area contributed by atoms with Crippen LogP contribution in [-0.2, 0) is 9.59 Å².